The molecule has 0 saturated carbocycles. The zero-order valence-corrected chi connectivity index (χ0v) is 20.4. The summed E-state index contributed by atoms with van der Waals surface area (Å²) in [5.74, 6) is 1.44. The van der Waals surface area contributed by atoms with Gasteiger partial charge in [0.05, 0.1) is 26.3 Å². The van der Waals surface area contributed by atoms with E-state index in [1.54, 1.807) is 44.6 Å². The van der Waals surface area contributed by atoms with Gasteiger partial charge in [-0.25, -0.2) is 4.39 Å². The molecule has 9 heteroatoms. The zero-order valence-electron chi connectivity index (χ0n) is 20.4. The Morgan fingerprint density at radius 2 is 1.78 bits per heavy atom. The van der Waals surface area contributed by atoms with E-state index in [4.69, 9.17) is 18.9 Å². The molecule has 5 rings (SSSR count). The van der Waals surface area contributed by atoms with Crippen LogP contribution in [0.15, 0.2) is 65.5 Å². The van der Waals surface area contributed by atoms with Crippen LogP contribution in [0.4, 0.5) is 4.39 Å². The molecule has 4 aromatic rings. The van der Waals surface area contributed by atoms with Crippen molar-refractivity contribution < 1.29 is 28.1 Å². The van der Waals surface area contributed by atoms with Gasteiger partial charge in [0.2, 0.25) is 6.79 Å². The molecule has 0 fully saturated rings. The average Bonchev–Trinajstić information content (AvgIpc) is 3.36. The van der Waals surface area contributed by atoms with Crippen LogP contribution >= 0.6 is 0 Å². The van der Waals surface area contributed by atoms with Gasteiger partial charge in [-0.1, -0.05) is 12.1 Å². The summed E-state index contributed by atoms with van der Waals surface area (Å²) in [7, 11) is 3.12. The summed E-state index contributed by atoms with van der Waals surface area (Å²) in [5, 5.41) is 0.747. The van der Waals surface area contributed by atoms with Gasteiger partial charge in [-0.3, -0.25) is 9.59 Å². The second-order valence-corrected chi connectivity index (χ2v) is 8.59. The highest BCUT2D eigenvalue weighted by Crippen LogP contribution is 2.35. The molecule has 1 amide bonds. The Morgan fingerprint density at radius 3 is 2.54 bits per heavy atom. The van der Waals surface area contributed by atoms with Crippen LogP contribution in [0.25, 0.3) is 10.9 Å². The van der Waals surface area contributed by atoms with Crippen molar-refractivity contribution in [2.24, 2.45) is 0 Å². The summed E-state index contributed by atoms with van der Waals surface area (Å²) in [6.07, 6.45) is 0.478. The summed E-state index contributed by atoms with van der Waals surface area (Å²) in [6, 6.07) is 16.3. The van der Waals surface area contributed by atoms with Crippen LogP contribution in [-0.4, -0.2) is 43.3 Å². The summed E-state index contributed by atoms with van der Waals surface area (Å²) >= 11 is 0. The normalized spacial score (nSPS) is 12.0. The van der Waals surface area contributed by atoms with E-state index in [0.717, 1.165) is 10.9 Å². The van der Waals surface area contributed by atoms with Crippen molar-refractivity contribution in [1.29, 1.82) is 0 Å². The first kappa shape index (κ1) is 24.2. The van der Waals surface area contributed by atoms with Gasteiger partial charge in [-0.2, -0.15) is 0 Å². The van der Waals surface area contributed by atoms with E-state index in [9.17, 15) is 14.0 Å². The first-order valence-electron chi connectivity index (χ1n) is 11.7. The van der Waals surface area contributed by atoms with Gasteiger partial charge in [-0.05, 0) is 54.4 Å². The van der Waals surface area contributed by atoms with E-state index in [0.29, 0.717) is 40.5 Å². The minimum absolute atomic E-state index is 0.0301. The molecule has 0 aliphatic carbocycles. The number of benzene rings is 3. The van der Waals surface area contributed by atoms with Crippen LogP contribution in [0, 0.1) is 5.82 Å². The molecule has 37 heavy (non-hydrogen) atoms. The first-order valence-corrected chi connectivity index (χ1v) is 11.7. The molecule has 0 radical (unpaired) electrons. The van der Waals surface area contributed by atoms with Crippen molar-refractivity contribution in [2.45, 2.75) is 13.0 Å². The number of carbonyl (C=O) groups is 1. The number of amides is 1. The third-order valence-electron chi connectivity index (χ3n) is 6.25. The van der Waals surface area contributed by atoms with E-state index < -0.39 is 5.82 Å². The van der Waals surface area contributed by atoms with E-state index in [1.165, 1.54) is 23.1 Å². The maximum absolute atomic E-state index is 13.9. The van der Waals surface area contributed by atoms with Crippen LogP contribution < -0.4 is 24.5 Å². The smallest absolute Gasteiger partial charge is 0.254 e. The lowest BCUT2D eigenvalue weighted by atomic mass is 10.1. The molecule has 0 unspecified atom stereocenters. The number of hydrogen-bond donors (Lipinski definition) is 1. The third-order valence-corrected chi connectivity index (χ3v) is 6.25. The fourth-order valence-corrected chi connectivity index (χ4v) is 4.32. The Kier molecular flexibility index (Phi) is 6.68. The Labute approximate surface area is 212 Å². The predicted molar refractivity (Wildman–Crippen MR) is 135 cm³/mol. The minimum atomic E-state index is -0.509. The molecule has 8 nitrogen and oxygen atoms in total. The first-order chi connectivity index (χ1) is 17.9. The summed E-state index contributed by atoms with van der Waals surface area (Å²) in [4.78, 5) is 30.8. The second kappa shape index (κ2) is 10.2. The number of rotatable bonds is 8. The quantitative estimate of drug-likeness (QED) is 0.385. The zero-order chi connectivity index (χ0) is 25.9. The van der Waals surface area contributed by atoms with Gasteiger partial charge in [0.25, 0.3) is 11.5 Å². The van der Waals surface area contributed by atoms with Crippen LogP contribution in [-0.2, 0) is 13.0 Å². The van der Waals surface area contributed by atoms with Crippen molar-refractivity contribution in [3.05, 3.63) is 93.5 Å². The van der Waals surface area contributed by atoms with E-state index >= 15 is 0 Å². The van der Waals surface area contributed by atoms with Crippen molar-refractivity contribution in [2.75, 3.05) is 27.6 Å². The highest BCUT2D eigenvalue weighted by atomic mass is 19.1. The Balaban J connectivity index is 1.46. The Hall–Kier alpha value is -4.53. The van der Waals surface area contributed by atoms with Crippen LogP contribution in [0.5, 0.6) is 23.0 Å². The van der Waals surface area contributed by atoms with Gasteiger partial charge in [0, 0.05) is 29.1 Å². The van der Waals surface area contributed by atoms with E-state index in [1.807, 2.05) is 12.1 Å². The number of methoxy groups -OCH3 is 2. The second-order valence-electron chi connectivity index (χ2n) is 8.59. The predicted octanol–water partition coefficient (Wildman–Crippen LogP) is 4.30. The van der Waals surface area contributed by atoms with Gasteiger partial charge in [0.1, 0.15) is 5.82 Å². The number of halogens is 1. The van der Waals surface area contributed by atoms with Crippen molar-refractivity contribution in [3.63, 3.8) is 0 Å². The molecule has 2 heterocycles. The lowest BCUT2D eigenvalue weighted by Crippen LogP contribution is -2.34. The number of aromatic nitrogens is 1. The van der Waals surface area contributed by atoms with Gasteiger partial charge in [0.15, 0.2) is 23.0 Å². The number of nitrogens with zero attached hydrogens (tertiary/aromatic N) is 1. The molecule has 1 aliphatic rings. The molecular weight excluding hydrogens is 479 g/mol. The molecule has 0 atom stereocenters. The highest BCUT2D eigenvalue weighted by molar-refractivity contribution is 5.94. The molecule has 3 aromatic carbocycles. The number of fused-ring (bicyclic) bond motifs is 2. The number of nitrogens with one attached hydrogen (secondary N) is 1. The Morgan fingerprint density at radius 1 is 1.00 bits per heavy atom. The largest absolute Gasteiger partial charge is 0.493 e. The maximum Gasteiger partial charge on any atom is 0.254 e. The minimum Gasteiger partial charge on any atom is -0.493 e. The molecule has 0 saturated heterocycles. The van der Waals surface area contributed by atoms with Crippen LogP contribution in [0.1, 0.15) is 21.5 Å². The lowest BCUT2D eigenvalue weighted by Gasteiger charge is -2.23. The monoisotopic (exact) mass is 504 g/mol. The third kappa shape index (κ3) is 5.06. The number of aromatic amines is 1. The molecule has 1 aliphatic heterocycles. The maximum atomic E-state index is 13.9. The number of pyridine rings is 1. The molecule has 190 valence electrons. The van der Waals surface area contributed by atoms with Crippen molar-refractivity contribution >= 4 is 16.8 Å². The molecular formula is C28H25FN2O6. The van der Waals surface area contributed by atoms with Gasteiger partial charge in [-0.15, -0.1) is 0 Å². The SMILES string of the molecule is COc1ccc(CCN(Cc2cc3cc4c(cc3[nH]c2=O)OCO4)C(=O)c2cccc(F)c2)cc1OC. The Bertz CT molecular complexity index is 1530. The highest BCUT2D eigenvalue weighted by Gasteiger charge is 2.20. The van der Waals surface area contributed by atoms with Crippen molar-refractivity contribution in [1.82, 2.24) is 9.88 Å². The van der Waals surface area contributed by atoms with Gasteiger partial charge < -0.3 is 28.8 Å². The van der Waals surface area contributed by atoms with E-state index in [2.05, 4.69) is 4.98 Å². The number of ether oxygens (including phenoxy) is 4. The van der Waals surface area contributed by atoms with Crippen molar-refractivity contribution in [3.8, 4) is 23.0 Å². The van der Waals surface area contributed by atoms with Crippen LogP contribution in [0.2, 0.25) is 0 Å². The van der Waals surface area contributed by atoms with Gasteiger partial charge >= 0.3 is 0 Å². The molecule has 1 N–H and O–H groups in total. The summed E-state index contributed by atoms with van der Waals surface area (Å²) in [6.45, 7) is 0.431. The fourth-order valence-electron chi connectivity index (χ4n) is 4.32. The molecule has 0 spiro atoms. The number of carbonyl (C=O) groups excluding carboxylic acids is 1. The standard InChI is InChI=1S/C28H25FN2O6/c1-34-23-7-6-17(10-24(23)35-2)8-9-31(28(33)18-4-3-5-21(29)12-18)15-20-11-19-13-25-26(37-16-36-25)14-22(19)30-27(20)32/h3-7,10-14H,8-9,15-16H2,1-2H3,(H,30,32). The average molecular weight is 505 g/mol. The molecule has 0 bridgehead atoms. The van der Waals surface area contributed by atoms with E-state index in [-0.39, 0.29) is 36.9 Å². The van der Waals surface area contributed by atoms with Crippen LogP contribution in [0.3, 0.4) is 0 Å². The lowest BCUT2D eigenvalue weighted by molar-refractivity contribution is 0.0744. The number of hydrogen-bond acceptors (Lipinski definition) is 6. The summed E-state index contributed by atoms with van der Waals surface area (Å²) in [5.41, 5.74) is 1.78. The molecule has 1 aromatic heterocycles. The topological polar surface area (TPSA) is 90.1 Å². The summed E-state index contributed by atoms with van der Waals surface area (Å²) < 4.78 is 35.4. The fraction of sp³-hybridized carbons (Fsp3) is 0.214. The number of H-pyrrole nitrogens is 1.